The number of hydrogen-bond donors (Lipinski definition) is 0. The third-order valence-corrected chi connectivity index (χ3v) is 3.57. The number of nitrogens with zero attached hydrogens (tertiary/aromatic N) is 4. The highest BCUT2D eigenvalue weighted by Crippen LogP contribution is 2.24. The van der Waals surface area contributed by atoms with Crippen molar-refractivity contribution in [2.45, 2.75) is 18.9 Å². The summed E-state index contributed by atoms with van der Waals surface area (Å²) in [5, 5.41) is 13.8. The van der Waals surface area contributed by atoms with Crippen LogP contribution >= 0.6 is 0 Å². The van der Waals surface area contributed by atoms with Gasteiger partial charge < -0.3 is 0 Å². The van der Waals surface area contributed by atoms with Gasteiger partial charge in [0.2, 0.25) is 0 Å². The Labute approximate surface area is 112 Å². The van der Waals surface area contributed by atoms with E-state index in [-0.39, 0.29) is 6.04 Å². The summed E-state index contributed by atoms with van der Waals surface area (Å²) in [5.74, 6) is 0. The molecule has 1 aliphatic rings. The fraction of sp³-hybridized carbons (Fsp3) is 0.333. The molecule has 1 unspecified atom stereocenters. The molecule has 1 fully saturated rings. The van der Waals surface area contributed by atoms with Crippen molar-refractivity contribution < 1.29 is 0 Å². The summed E-state index contributed by atoms with van der Waals surface area (Å²) in [6.45, 7) is 2.02. The van der Waals surface area contributed by atoms with Crippen molar-refractivity contribution >= 4 is 0 Å². The summed E-state index contributed by atoms with van der Waals surface area (Å²) in [6.07, 6.45) is 6.14. The minimum Gasteiger partial charge on any atom is -0.284 e. The number of para-hydroxylation sites is 1. The Balaban J connectivity index is 1.86. The molecule has 1 aromatic carbocycles. The largest absolute Gasteiger partial charge is 0.284 e. The standard InChI is InChI=1S/C15H16N4/c16-10-15(18-8-4-5-9-18)13-11-17-19(12-13)14-6-2-1-3-7-14/h1-3,6-7,11-12,15H,4-5,8-9H2. The van der Waals surface area contributed by atoms with E-state index in [0.29, 0.717) is 0 Å². The van der Waals surface area contributed by atoms with Gasteiger partial charge in [-0.2, -0.15) is 10.4 Å². The van der Waals surface area contributed by atoms with E-state index < -0.39 is 0 Å². The van der Waals surface area contributed by atoms with E-state index in [1.165, 1.54) is 12.8 Å². The van der Waals surface area contributed by atoms with E-state index in [4.69, 9.17) is 0 Å². The molecule has 0 saturated carbocycles. The lowest BCUT2D eigenvalue weighted by molar-refractivity contribution is 0.294. The number of hydrogen-bond acceptors (Lipinski definition) is 3. The molecule has 0 aliphatic carbocycles. The molecule has 3 rings (SSSR count). The maximum absolute atomic E-state index is 9.39. The first-order chi connectivity index (χ1) is 9.38. The molecule has 0 spiro atoms. The van der Waals surface area contributed by atoms with E-state index in [1.807, 2.05) is 41.2 Å². The van der Waals surface area contributed by atoms with E-state index in [1.54, 1.807) is 6.20 Å². The normalized spacial score (nSPS) is 17.2. The fourth-order valence-electron chi connectivity index (χ4n) is 2.57. The first kappa shape index (κ1) is 11.9. The first-order valence-corrected chi connectivity index (χ1v) is 6.62. The van der Waals surface area contributed by atoms with Crippen LogP contribution in [0.2, 0.25) is 0 Å². The summed E-state index contributed by atoms with van der Waals surface area (Å²) >= 11 is 0. The molecule has 4 nitrogen and oxygen atoms in total. The maximum atomic E-state index is 9.39. The number of benzene rings is 1. The summed E-state index contributed by atoms with van der Waals surface area (Å²) in [5.41, 5.74) is 2.00. The molecule has 19 heavy (non-hydrogen) atoms. The number of likely N-dealkylation sites (tertiary alicyclic amines) is 1. The Kier molecular flexibility index (Phi) is 3.30. The van der Waals surface area contributed by atoms with E-state index in [2.05, 4.69) is 16.1 Å². The molecule has 96 valence electrons. The molecule has 0 amide bonds. The van der Waals surface area contributed by atoms with Gasteiger partial charge in [0.25, 0.3) is 0 Å². The Hall–Kier alpha value is -2.12. The van der Waals surface area contributed by atoms with Gasteiger partial charge in [-0.05, 0) is 38.1 Å². The Morgan fingerprint density at radius 1 is 1.16 bits per heavy atom. The molecular formula is C15H16N4. The fourth-order valence-corrected chi connectivity index (χ4v) is 2.57. The molecule has 2 heterocycles. The quantitative estimate of drug-likeness (QED) is 0.843. The Morgan fingerprint density at radius 2 is 1.89 bits per heavy atom. The van der Waals surface area contributed by atoms with Crippen molar-refractivity contribution in [1.82, 2.24) is 14.7 Å². The highest BCUT2D eigenvalue weighted by Gasteiger charge is 2.24. The van der Waals surface area contributed by atoms with Crippen LogP contribution in [-0.4, -0.2) is 27.8 Å². The summed E-state index contributed by atoms with van der Waals surface area (Å²) in [4.78, 5) is 2.23. The molecular weight excluding hydrogens is 236 g/mol. The second kappa shape index (κ2) is 5.25. The molecule has 1 aliphatic heterocycles. The second-order valence-electron chi connectivity index (χ2n) is 4.83. The molecule has 1 aromatic heterocycles. The van der Waals surface area contributed by atoms with Crippen LogP contribution in [0.1, 0.15) is 24.4 Å². The van der Waals surface area contributed by atoms with Crippen molar-refractivity contribution in [3.05, 3.63) is 48.3 Å². The predicted molar refractivity (Wildman–Crippen MR) is 72.7 cm³/mol. The van der Waals surface area contributed by atoms with Gasteiger partial charge in [0, 0.05) is 11.8 Å². The zero-order valence-corrected chi connectivity index (χ0v) is 10.7. The zero-order chi connectivity index (χ0) is 13.1. The molecule has 0 N–H and O–H groups in total. The van der Waals surface area contributed by atoms with Crippen LogP contribution in [0.15, 0.2) is 42.7 Å². The average Bonchev–Trinajstić information content (AvgIpc) is 3.12. The van der Waals surface area contributed by atoms with Crippen molar-refractivity contribution in [3.8, 4) is 11.8 Å². The number of nitriles is 1. The van der Waals surface area contributed by atoms with Gasteiger partial charge in [-0.3, -0.25) is 4.90 Å². The van der Waals surface area contributed by atoms with Gasteiger partial charge in [0.1, 0.15) is 6.04 Å². The highest BCUT2D eigenvalue weighted by molar-refractivity contribution is 5.32. The zero-order valence-electron chi connectivity index (χ0n) is 10.7. The Bertz CT molecular complexity index is 576. The van der Waals surface area contributed by atoms with Crippen LogP contribution < -0.4 is 0 Å². The van der Waals surface area contributed by atoms with Crippen LogP contribution in [0.3, 0.4) is 0 Å². The monoisotopic (exact) mass is 252 g/mol. The lowest BCUT2D eigenvalue weighted by atomic mass is 10.1. The summed E-state index contributed by atoms with van der Waals surface area (Å²) in [7, 11) is 0. The number of aromatic nitrogens is 2. The maximum Gasteiger partial charge on any atom is 0.126 e. The van der Waals surface area contributed by atoms with Crippen LogP contribution in [0.4, 0.5) is 0 Å². The molecule has 2 aromatic rings. The third-order valence-electron chi connectivity index (χ3n) is 3.57. The molecule has 1 saturated heterocycles. The predicted octanol–water partition coefficient (Wildman–Crippen LogP) is 2.53. The molecule has 1 atom stereocenters. The SMILES string of the molecule is N#CC(c1cnn(-c2ccccc2)c1)N1CCCC1. The van der Waals surface area contributed by atoms with Crippen LogP contribution in [0.5, 0.6) is 0 Å². The van der Waals surface area contributed by atoms with Crippen molar-refractivity contribution in [2.24, 2.45) is 0 Å². The van der Waals surface area contributed by atoms with Gasteiger partial charge in [0.15, 0.2) is 0 Å². The first-order valence-electron chi connectivity index (χ1n) is 6.62. The average molecular weight is 252 g/mol. The Morgan fingerprint density at radius 3 is 2.58 bits per heavy atom. The smallest absolute Gasteiger partial charge is 0.126 e. The van der Waals surface area contributed by atoms with Gasteiger partial charge in [-0.1, -0.05) is 18.2 Å². The second-order valence-corrected chi connectivity index (χ2v) is 4.83. The van der Waals surface area contributed by atoms with Crippen LogP contribution in [-0.2, 0) is 0 Å². The van der Waals surface area contributed by atoms with Gasteiger partial charge in [0.05, 0.1) is 18.0 Å². The molecule has 4 heteroatoms. The minimum atomic E-state index is -0.167. The van der Waals surface area contributed by atoms with Crippen molar-refractivity contribution in [1.29, 1.82) is 5.26 Å². The minimum absolute atomic E-state index is 0.167. The molecule has 0 radical (unpaired) electrons. The topological polar surface area (TPSA) is 44.9 Å². The van der Waals surface area contributed by atoms with E-state index >= 15 is 0 Å². The number of rotatable bonds is 3. The third kappa shape index (κ3) is 2.38. The highest BCUT2D eigenvalue weighted by atomic mass is 15.3. The van der Waals surface area contributed by atoms with Crippen molar-refractivity contribution in [2.75, 3.05) is 13.1 Å². The molecule has 0 bridgehead atoms. The summed E-state index contributed by atoms with van der Waals surface area (Å²) in [6, 6.07) is 12.2. The van der Waals surface area contributed by atoms with Gasteiger partial charge >= 0.3 is 0 Å². The van der Waals surface area contributed by atoms with Gasteiger partial charge in [-0.15, -0.1) is 0 Å². The lowest BCUT2D eigenvalue weighted by Gasteiger charge is -2.19. The van der Waals surface area contributed by atoms with Gasteiger partial charge in [-0.25, -0.2) is 4.68 Å². The van der Waals surface area contributed by atoms with E-state index in [0.717, 1.165) is 24.3 Å². The lowest BCUT2D eigenvalue weighted by Crippen LogP contribution is -2.24. The van der Waals surface area contributed by atoms with E-state index in [9.17, 15) is 5.26 Å². The van der Waals surface area contributed by atoms with Crippen molar-refractivity contribution in [3.63, 3.8) is 0 Å². The van der Waals surface area contributed by atoms with Crippen LogP contribution in [0, 0.1) is 11.3 Å². The summed E-state index contributed by atoms with van der Waals surface area (Å²) < 4.78 is 1.83. The van der Waals surface area contributed by atoms with Crippen LogP contribution in [0.25, 0.3) is 5.69 Å².